The van der Waals surface area contributed by atoms with Gasteiger partial charge in [-0.3, -0.25) is 0 Å². The quantitative estimate of drug-likeness (QED) is 0.331. The maximum atomic E-state index is 13.3. The van der Waals surface area contributed by atoms with Crippen LogP contribution < -0.4 is 5.32 Å². The van der Waals surface area contributed by atoms with Crippen molar-refractivity contribution in [2.24, 2.45) is 0 Å². The van der Waals surface area contributed by atoms with Crippen molar-refractivity contribution < 1.29 is 32.6 Å². The highest BCUT2D eigenvalue weighted by Gasteiger charge is 2.33. The Balaban J connectivity index is 1.53. The van der Waals surface area contributed by atoms with E-state index in [1.807, 2.05) is 0 Å². The lowest BCUT2D eigenvalue weighted by Crippen LogP contribution is -2.46. The molecule has 210 valence electrons. The van der Waals surface area contributed by atoms with E-state index >= 15 is 0 Å². The molecule has 0 unspecified atom stereocenters. The van der Waals surface area contributed by atoms with Gasteiger partial charge in [0, 0.05) is 23.5 Å². The fraction of sp³-hybridized carbons (Fsp3) is 0.481. The van der Waals surface area contributed by atoms with Crippen LogP contribution in [0.5, 0.6) is 0 Å². The number of thiophene rings is 1. The first kappa shape index (κ1) is 28.6. The van der Waals surface area contributed by atoms with E-state index in [1.165, 1.54) is 24.5 Å². The number of carboxylic acid groups (broad SMARTS) is 1. The molecule has 1 fully saturated rings. The SMILES string of the molecule is CC(C)(C)OC(=O)N(Cc1ccc(C(=O)O)cc1)[C@H]1CCC[C@@H](Nc2ncnc3sc(CC(F)(F)F)cc23)C1. The van der Waals surface area contributed by atoms with E-state index in [0.29, 0.717) is 22.5 Å². The molecule has 1 aromatic carbocycles. The van der Waals surface area contributed by atoms with Gasteiger partial charge in [-0.15, -0.1) is 11.3 Å². The van der Waals surface area contributed by atoms with Gasteiger partial charge in [0.1, 0.15) is 22.6 Å². The molecule has 1 aliphatic carbocycles. The number of hydrogen-bond donors (Lipinski definition) is 2. The first-order chi connectivity index (χ1) is 18.3. The molecule has 2 atom stereocenters. The van der Waals surface area contributed by atoms with Crippen molar-refractivity contribution >= 4 is 39.4 Å². The third-order valence-electron chi connectivity index (χ3n) is 6.37. The standard InChI is InChI=1S/C27H31F3N4O4S/c1-26(2,3)38-25(37)34(14-16-7-9-17(10-8-16)24(35)36)19-6-4-5-18(11-19)33-22-21-12-20(13-27(28,29)30)39-23(21)32-15-31-22/h7-10,12,15,18-19H,4-6,11,13-14H2,1-3H3,(H,35,36)(H,31,32,33)/t18-,19+/m1/s1. The van der Waals surface area contributed by atoms with Gasteiger partial charge in [0.25, 0.3) is 0 Å². The van der Waals surface area contributed by atoms with Crippen LogP contribution in [0.3, 0.4) is 0 Å². The van der Waals surface area contributed by atoms with E-state index in [-0.39, 0.29) is 29.1 Å². The maximum Gasteiger partial charge on any atom is 0.410 e. The van der Waals surface area contributed by atoms with Crippen LogP contribution in [0.2, 0.25) is 0 Å². The summed E-state index contributed by atoms with van der Waals surface area (Å²) in [6.07, 6.45) is -1.50. The molecular weight excluding hydrogens is 533 g/mol. The van der Waals surface area contributed by atoms with E-state index in [2.05, 4.69) is 15.3 Å². The molecule has 0 saturated heterocycles. The number of alkyl halides is 3. The Labute approximate surface area is 228 Å². The fourth-order valence-corrected chi connectivity index (χ4v) is 5.72. The number of nitrogens with zero attached hydrogens (tertiary/aromatic N) is 3. The van der Waals surface area contributed by atoms with Gasteiger partial charge in [-0.1, -0.05) is 12.1 Å². The second-order valence-corrected chi connectivity index (χ2v) is 11.8. The van der Waals surface area contributed by atoms with Gasteiger partial charge in [0.15, 0.2) is 0 Å². The molecule has 0 spiro atoms. The summed E-state index contributed by atoms with van der Waals surface area (Å²) in [6, 6.07) is 7.62. The molecule has 2 heterocycles. The lowest BCUT2D eigenvalue weighted by molar-refractivity contribution is -0.126. The average Bonchev–Trinajstić information content (AvgIpc) is 3.23. The molecule has 0 aliphatic heterocycles. The van der Waals surface area contributed by atoms with E-state index in [0.717, 1.165) is 36.2 Å². The first-order valence-corrected chi connectivity index (χ1v) is 13.5. The average molecular weight is 565 g/mol. The molecule has 4 rings (SSSR count). The fourth-order valence-electron chi connectivity index (χ4n) is 4.69. The van der Waals surface area contributed by atoms with Crippen molar-refractivity contribution in [1.82, 2.24) is 14.9 Å². The van der Waals surface area contributed by atoms with E-state index in [4.69, 9.17) is 4.74 Å². The highest BCUT2D eigenvalue weighted by molar-refractivity contribution is 7.18. The number of halogens is 3. The van der Waals surface area contributed by atoms with Gasteiger partial charge < -0.3 is 20.1 Å². The van der Waals surface area contributed by atoms with Gasteiger partial charge in [-0.2, -0.15) is 13.2 Å². The lowest BCUT2D eigenvalue weighted by Gasteiger charge is -2.38. The number of hydrogen-bond acceptors (Lipinski definition) is 7. The smallest absolute Gasteiger partial charge is 0.410 e. The zero-order valence-corrected chi connectivity index (χ0v) is 22.7. The summed E-state index contributed by atoms with van der Waals surface area (Å²) in [6.45, 7) is 5.63. The first-order valence-electron chi connectivity index (χ1n) is 12.7. The zero-order chi connectivity index (χ0) is 28.4. The van der Waals surface area contributed by atoms with Crippen LogP contribution in [-0.4, -0.2) is 55.9 Å². The molecule has 0 bridgehead atoms. The van der Waals surface area contributed by atoms with Gasteiger partial charge in [-0.05, 0) is 70.2 Å². The number of amides is 1. The molecule has 1 amide bonds. The van der Waals surface area contributed by atoms with Crippen molar-refractivity contribution in [2.45, 2.75) is 83.3 Å². The maximum absolute atomic E-state index is 13.3. The summed E-state index contributed by atoms with van der Waals surface area (Å²) >= 11 is 1.00. The Kier molecular flexibility index (Phi) is 8.34. The molecule has 12 heteroatoms. The predicted molar refractivity (Wildman–Crippen MR) is 142 cm³/mol. The molecule has 0 radical (unpaired) electrons. The third kappa shape index (κ3) is 7.81. The van der Waals surface area contributed by atoms with Crippen molar-refractivity contribution in [3.05, 3.63) is 52.7 Å². The third-order valence-corrected chi connectivity index (χ3v) is 7.41. The Morgan fingerprint density at radius 1 is 1.15 bits per heavy atom. The second kappa shape index (κ2) is 11.4. The minimum absolute atomic E-state index is 0.0767. The molecule has 2 aromatic heterocycles. The number of rotatable bonds is 7. The minimum atomic E-state index is -4.31. The van der Waals surface area contributed by atoms with Crippen molar-refractivity contribution in [1.29, 1.82) is 0 Å². The van der Waals surface area contributed by atoms with Gasteiger partial charge >= 0.3 is 18.2 Å². The molecule has 39 heavy (non-hydrogen) atoms. The Morgan fingerprint density at radius 2 is 1.87 bits per heavy atom. The number of carbonyl (C=O) groups excluding carboxylic acids is 1. The summed E-state index contributed by atoms with van der Waals surface area (Å²) in [7, 11) is 0. The number of aromatic nitrogens is 2. The molecule has 2 N–H and O–H groups in total. The lowest BCUT2D eigenvalue weighted by atomic mass is 9.89. The van der Waals surface area contributed by atoms with Gasteiger partial charge in [0.2, 0.25) is 0 Å². The highest BCUT2D eigenvalue weighted by atomic mass is 32.1. The van der Waals surface area contributed by atoms with Crippen LogP contribution in [0, 0.1) is 0 Å². The van der Waals surface area contributed by atoms with E-state index in [1.54, 1.807) is 37.8 Å². The number of anilines is 1. The topological polar surface area (TPSA) is 105 Å². The van der Waals surface area contributed by atoms with Crippen molar-refractivity contribution in [3.63, 3.8) is 0 Å². The van der Waals surface area contributed by atoms with E-state index in [9.17, 15) is 27.9 Å². The number of aromatic carboxylic acids is 1. The van der Waals surface area contributed by atoms with Crippen molar-refractivity contribution in [2.75, 3.05) is 5.32 Å². The normalized spacial score (nSPS) is 18.1. The number of carboxylic acids is 1. The molecule has 8 nitrogen and oxygen atoms in total. The Hall–Kier alpha value is -3.41. The zero-order valence-electron chi connectivity index (χ0n) is 21.9. The molecule has 3 aromatic rings. The number of ether oxygens (including phenoxy) is 1. The summed E-state index contributed by atoms with van der Waals surface area (Å²) in [5.41, 5.74) is 0.232. The highest BCUT2D eigenvalue weighted by Crippen LogP contribution is 2.34. The second-order valence-electron chi connectivity index (χ2n) is 10.7. The molecule has 1 aliphatic rings. The molecule has 1 saturated carbocycles. The van der Waals surface area contributed by atoms with Gasteiger partial charge in [0.05, 0.1) is 17.4 Å². The largest absolute Gasteiger partial charge is 0.478 e. The summed E-state index contributed by atoms with van der Waals surface area (Å²) in [4.78, 5) is 35.3. The van der Waals surface area contributed by atoms with Crippen LogP contribution in [0.1, 0.15) is 67.3 Å². The van der Waals surface area contributed by atoms with Crippen LogP contribution in [0.15, 0.2) is 36.7 Å². The number of carbonyl (C=O) groups is 2. The van der Waals surface area contributed by atoms with Crippen LogP contribution >= 0.6 is 11.3 Å². The summed E-state index contributed by atoms with van der Waals surface area (Å²) in [5, 5.41) is 13.1. The van der Waals surface area contributed by atoms with Crippen molar-refractivity contribution in [3.8, 4) is 0 Å². The minimum Gasteiger partial charge on any atom is -0.478 e. The van der Waals surface area contributed by atoms with Crippen LogP contribution in [-0.2, 0) is 17.7 Å². The summed E-state index contributed by atoms with van der Waals surface area (Å²) in [5.74, 6) is -0.551. The Morgan fingerprint density at radius 3 is 2.51 bits per heavy atom. The van der Waals surface area contributed by atoms with Gasteiger partial charge in [-0.25, -0.2) is 19.6 Å². The van der Waals surface area contributed by atoms with Crippen LogP contribution in [0.25, 0.3) is 10.2 Å². The van der Waals surface area contributed by atoms with E-state index < -0.39 is 30.3 Å². The Bertz CT molecular complexity index is 1320. The predicted octanol–water partition coefficient (Wildman–Crippen LogP) is 6.65. The number of benzene rings is 1. The van der Waals surface area contributed by atoms with Crippen LogP contribution in [0.4, 0.5) is 23.8 Å². The summed E-state index contributed by atoms with van der Waals surface area (Å²) < 4.78 is 44.5. The number of nitrogens with one attached hydrogen (secondary N) is 1. The monoisotopic (exact) mass is 564 g/mol. The molecular formula is C27H31F3N4O4S. The number of fused-ring (bicyclic) bond motifs is 1.